The van der Waals surface area contributed by atoms with Gasteiger partial charge < -0.3 is 15.1 Å². The minimum absolute atomic E-state index is 0.0536. The van der Waals surface area contributed by atoms with Crippen LogP contribution in [0.4, 0.5) is 30.6 Å². The molecule has 3 aromatic rings. The number of anilines is 3. The third kappa shape index (κ3) is 3.43. The van der Waals surface area contributed by atoms with Crippen molar-refractivity contribution in [1.82, 2.24) is 19.7 Å². The maximum atomic E-state index is 13.9. The zero-order chi connectivity index (χ0) is 22.4. The van der Waals surface area contributed by atoms with Gasteiger partial charge in [0.15, 0.2) is 17.5 Å². The van der Waals surface area contributed by atoms with E-state index in [1.807, 2.05) is 4.90 Å². The van der Waals surface area contributed by atoms with Crippen LogP contribution in [-0.4, -0.2) is 45.3 Å². The molecule has 0 bridgehead atoms. The van der Waals surface area contributed by atoms with Gasteiger partial charge in [0.1, 0.15) is 17.5 Å². The molecule has 32 heavy (non-hydrogen) atoms. The van der Waals surface area contributed by atoms with Crippen molar-refractivity contribution in [3.63, 3.8) is 0 Å². The SMILES string of the molecule is CN1C(=O)C2CCCN2c2nc(NCc3cnn(Cc4c(F)ccc(F)c4F)c3)ncc21. The molecule has 8 nitrogen and oxygen atoms in total. The lowest BCUT2D eigenvalue weighted by molar-refractivity contribution is -0.119. The Morgan fingerprint density at radius 1 is 1.19 bits per heavy atom. The van der Waals surface area contributed by atoms with E-state index in [1.165, 1.54) is 4.68 Å². The maximum Gasteiger partial charge on any atom is 0.249 e. The molecule has 166 valence electrons. The fraction of sp³-hybridized carbons (Fsp3) is 0.333. The molecule has 0 spiro atoms. The zero-order valence-electron chi connectivity index (χ0n) is 17.2. The molecule has 5 rings (SSSR count). The van der Waals surface area contributed by atoms with Gasteiger partial charge in [-0.2, -0.15) is 10.1 Å². The van der Waals surface area contributed by atoms with Gasteiger partial charge in [0.2, 0.25) is 11.9 Å². The summed E-state index contributed by atoms with van der Waals surface area (Å²) in [6.07, 6.45) is 6.51. The molecule has 2 aliphatic rings. The van der Waals surface area contributed by atoms with Gasteiger partial charge in [-0.1, -0.05) is 0 Å². The Morgan fingerprint density at radius 3 is 2.84 bits per heavy atom. The van der Waals surface area contributed by atoms with Crippen LogP contribution < -0.4 is 15.1 Å². The molecule has 11 heteroatoms. The van der Waals surface area contributed by atoms with Crippen molar-refractivity contribution in [3.05, 3.63) is 59.3 Å². The molecule has 0 saturated carbocycles. The van der Waals surface area contributed by atoms with Gasteiger partial charge in [0.25, 0.3) is 0 Å². The number of rotatable bonds is 5. The summed E-state index contributed by atoms with van der Waals surface area (Å²) in [5.41, 5.74) is 1.02. The van der Waals surface area contributed by atoms with E-state index in [-0.39, 0.29) is 24.1 Å². The second kappa shape index (κ2) is 7.81. The Labute approximate surface area is 181 Å². The van der Waals surface area contributed by atoms with Crippen molar-refractivity contribution < 1.29 is 18.0 Å². The van der Waals surface area contributed by atoms with Crippen LogP contribution in [0.2, 0.25) is 0 Å². The van der Waals surface area contributed by atoms with Crippen LogP contribution >= 0.6 is 0 Å². The van der Waals surface area contributed by atoms with Crippen molar-refractivity contribution in [2.75, 3.05) is 28.7 Å². The Hall–Kier alpha value is -3.63. The summed E-state index contributed by atoms with van der Waals surface area (Å²) in [5.74, 6) is -1.98. The van der Waals surface area contributed by atoms with E-state index in [0.717, 1.165) is 42.9 Å². The molecule has 2 aliphatic heterocycles. The van der Waals surface area contributed by atoms with Crippen LogP contribution in [0.15, 0.2) is 30.7 Å². The molecular weight excluding hydrogens is 423 g/mol. The fourth-order valence-electron chi connectivity index (χ4n) is 4.16. The topological polar surface area (TPSA) is 79.2 Å². The lowest BCUT2D eigenvalue weighted by atomic mass is 10.1. The van der Waals surface area contributed by atoms with Crippen LogP contribution in [0.3, 0.4) is 0 Å². The van der Waals surface area contributed by atoms with E-state index in [4.69, 9.17) is 0 Å². The minimum atomic E-state index is -1.22. The molecule has 0 radical (unpaired) electrons. The molecule has 4 heterocycles. The highest BCUT2D eigenvalue weighted by atomic mass is 19.2. The maximum absolute atomic E-state index is 13.9. The van der Waals surface area contributed by atoms with Gasteiger partial charge in [0.05, 0.1) is 18.9 Å². The summed E-state index contributed by atoms with van der Waals surface area (Å²) in [6.45, 7) is 0.861. The standard InChI is InChI=1S/C21H20F3N7O/c1-29-17-9-26-21(28-19(17)31-6-2-3-16(31)20(29)32)25-7-12-8-27-30(10-12)11-13-14(22)4-5-15(23)18(13)24/h4-5,8-10,16H,2-3,6-7,11H2,1H3,(H,25,26,28). The van der Waals surface area contributed by atoms with Crippen molar-refractivity contribution in [2.45, 2.75) is 32.0 Å². The van der Waals surface area contributed by atoms with Gasteiger partial charge >= 0.3 is 0 Å². The van der Waals surface area contributed by atoms with Crippen LogP contribution in [0.5, 0.6) is 0 Å². The highest BCUT2D eigenvalue weighted by Gasteiger charge is 2.40. The van der Waals surface area contributed by atoms with E-state index in [1.54, 1.807) is 30.5 Å². The molecule has 1 amide bonds. The lowest BCUT2D eigenvalue weighted by Gasteiger charge is -2.36. The molecular formula is C21H20F3N7O. The molecule has 1 aromatic carbocycles. The monoisotopic (exact) mass is 443 g/mol. The quantitative estimate of drug-likeness (QED) is 0.611. The molecule has 0 aliphatic carbocycles. The van der Waals surface area contributed by atoms with Gasteiger partial charge in [-0.25, -0.2) is 18.2 Å². The van der Waals surface area contributed by atoms with E-state index < -0.39 is 17.5 Å². The number of carbonyl (C=O) groups excluding carboxylic acids is 1. The summed E-state index contributed by atoms with van der Waals surface area (Å²) in [7, 11) is 1.73. The van der Waals surface area contributed by atoms with E-state index >= 15 is 0 Å². The molecule has 1 unspecified atom stereocenters. The first-order valence-corrected chi connectivity index (χ1v) is 10.2. The third-order valence-corrected chi connectivity index (χ3v) is 5.85. The second-order valence-corrected chi connectivity index (χ2v) is 7.87. The van der Waals surface area contributed by atoms with Gasteiger partial charge in [0, 0.05) is 37.5 Å². The number of halogens is 3. The number of carbonyl (C=O) groups is 1. The van der Waals surface area contributed by atoms with Crippen molar-refractivity contribution in [3.8, 4) is 0 Å². The zero-order valence-corrected chi connectivity index (χ0v) is 17.2. The Bertz CT molecular complexity index is 1200. The van der Waals surface area contributed by atoms with Crippen LogP contribution in [0.1, 0.15) is 24.0 Å². The highest BCUT2D eigenvalue weighted by Crippen LogP contribution is 2.37. The second-order valence-electron chi connectivity index (χ2n) is 7.87. The number of fused-ring (bicyclic) bond motifs is 3. The average molecular weight is 443 g/mol. The Morgan fingerprint density at radius 2 is 2.00 bits per heavy atom. The van der Waals surface area contributed by atoms with Crippen LogP contribution in [-0.2, 0) is 17.9 Å². The Kier molecular flexibility index (Phi) is 4.95. The van der Waals surface area contributed by atoms with Crippen LogP contribution in [0.25, 0.3) is 0 Å². The number of amides is 1. The largest absolute Gasteiger partial charge is 0.350 e. The summed E-state index contributed by atoms with van der Waals surface area (Å²) in [6, 6.07) is 1.46. The fourth-order valence-corrected chi connectivity index (χ4v) is 4.16. The number of hydrogen-bond acceptors (Lipinski definition) is 6. The van der Waals surface area contributed by atoms with Crippen molar-refractivity contribution in [2.24, 2.45) is 0 Å². The molecule has 1 N–H and O–H groups in total. The molecule has 1 atom stereocenters. The first-order valence-electron chi connectivity index (χ1n) is 10.2. The van der Waals surface area contributed by atoms with E-state index in [0.29, 0.717) is 18.2 Å². The summed E-state index contributed by atoms with van der Waals surface area (Å²) >= 11 is 0. The predicted octanol–water partition coefficient (Wildman–Crippen LogP) is 2.70. The smallest absolute Gasteiger partial charge is 0.249 e. The minimum Gasteiger partial charge on any atom is -0.350 e. The molecule has 1 fully saturated rings. The Balaban J connectivity index is 1.30. The highest BCUT2D eigenvalue weighted by molar-refractivity contribution is 6.04. The summed E-state index contributed by atoms with van der Waals surface area (Å²) in [5, 5.41) is 7.21. The van der Waals surface area contributed by atoms with Crippen molar-refractivity contribution in [1.29, 1.82) is 0 Å². The predicted molar refractivity (Wildman–Crippen MR) is 111 cm³/mol. The average Bonchev–Trinajstić information content (AvgIpc) is 3.46. The van der Waals surface area contributed by atoms with Crippen LogP contribution in [0, 0.1) is 17.5 Å². The third-order valence-electron chi connectivity index (χ3n) is 5.85. The molecule has 1 saturated heterocycles. The van der Waals surface area contributed by atoms with Gasteiger partial charge in [-0.15, -0.1) is 0 Å². The number of nitrogens with zero attached hydrogens (tertiary/aromatic N) is 6. The number of likely N-dealkylation sites (N-methyl/N-ethyl adjacent to an activating group) is 1. The van der Waals surface area contributed by atoms with Gasteiger partial charge in [-0.05, 0) is 25.0 Å². The summed E-state index contributed by atoms with van der Waals surface area (Å²) < 4.78 is 42.5. The first kappa shape index (κ1) is 20.3. The first-order chi connectivity index (χ1) is 15.4. The van der Waals surface area contributed by atoms with E-state index in [9.17, 15) is 18.0 Å². The molecule has 2 aromatic heterocycles. The number of hydrogen-bond donors (Lipinski definition) is 1. The number of aromatic nitrogens is 4. The normalized spacial score (nSPS) is 17.5. The summed E-state index contributed by atoms with van der Waals surface area (Å²) in [4.78, 5) is 25.0. The number of nitrogens with one attached hydrogen (secondary N) is 1. The lowest BCUT2D eigenvalue weighted by Crippen LogP contribution is -2.49. The van der Waals surface area contributed by atoms with Crippen molar-refractivity contribution >= 4 is 23.4 Å². The van der Waals surface area contributed by atoms with E-state index in [2.05, 4.69) is 20.4 Å². The number of benzene rings is 1. The van der Waals surface area contributed by atoms with Gasteiger partial charge in [-0.3, -0.25) is 9.48 Å².